The van der Waals surface area contributed by atoms with Crippen molar-refractivity contribution < 1.29 is 4.79 Å². The van der Waals surface area contributed by atoms with Crippen molar-refractivity contribution in [2.24, 2.45) is 0 Å². The summed E-state index contributed by atoms with van der Waals surface area (Å²) in [7, 11) is 1.69. The van der Waals surface area contributed by atoms with Gasteiger partial charge in [0.15, 0.2) is 0 Å². The van der Waals surface area contributed by atoms with E-state index in [1.54, 1.807) is 25.4 Å². The van der Waals surface area contributed by atoms with Gasteiger partial charge in [-0.3, -0.25) is 4.79 Å². The van der Waals surface area contributed by atoms with Gasteiger partial charge in [-0.2, -0.15) is 0 Å². The highest BCUT2D eigenvalue weighted by molar-refractivity contribution is 6.44. The summed E-state index contributed by atoms with van der Waals surface area (Å²) in [6, 6.07) is 6.30. The summed E-state index contributed by atoms with van der Waals surface area (Å²) in [4.78, 5) is 16.3. The van der Waals surface area contributed by atoms with Crippen LogP contribution in [0.5, 0.6) is 0 Å². The first-order valence-corrected chi connectivity index (χ1v) is 6.75. The normalized spacial score (nSPS) is 10.2. The molecule has 0 saturated heterocycles. The minimum atomic E-state index is -0.345. The van der Waals surface area contributed by atoms with Gasteiger partial charge in [-0.15, -0.1) is 0 Å². The summed E-state index contributed by atoms with van der Waals surface area (Å²) >= 11 is 17.8. The van der Waals surface area contributed by atoms with E-state index in [4.69, 9.17) is 34.8 Å². The molecular weight excluding hydrogens is 321 g/mol. The molecule has 0 aliphatic rings. The molecule has 0 fully saturated rings. The molecule has 0 unspecified atom stereocenters. The first kappa shape index (κ1) is 14.9. The van der Waals surface area contributed by atoms with Crippen molar-refractivity contribution in [1.82, 2.24) is 4.98 Å². The van der Waals surface area contributed by atoms with Crippen LogP contribution in [-0.4, -0.2) is 17.9 Å². The number of amides is 1. The topological polar surface area (TPSA) is 54.0 Å². The molecular formula is C13H10Cl3N3O. The maximum absolute atomic E-state index is 12.2. The SMILES string of the molecule is CNc1ncccc1C(=O)Nc1cc(Cl)c(Cl)cc1Cl. The van der Waals surface area contributed by atoms with E-state index in [9.17, 15) is 4.79 Å². The number of nitrogens with one attached hydrogen (secondary N) is 2. The van der Waals surface area contributed by atoms with E-state index >= 15 is 0 Å². The number of carbonyl (C=O) groups is 1. The van der Waals surface area contributed by atoms with Gasteiger partial charge >= 0.3 is 0 Å². The van der Waals surface area contributed by atoms with Crippen LogP contribution < -0.4 is 10.6 Å². The molecule has 2 N–H and O–H groups in total. The second-order valence-electron chi connectivity index (χ2n) is 3.85. The predicted molar refractivity (Wildman–Crippen MR) is 83.2 cm³/mol. The van der Waals surface area contributed by atoms with E-state index in [1.807, 2.05) is 0 Å². The zero-order chi connectivity index (χ0) is 14.7. The second-order valence-corrected chi connectivity index (χ2v) is 5.07. The third kappa shape index (κ3) is 3.15. The van der Waals surface area contributed by atoms with E-state index in [0.29, 0.717) is 32.1 Å². The standard InChI is InChI=1S/C13H10Cl3N3O/c1-17-12-7(3-2-4-18-12)13(20)19-11-6-9(15)8(14)5-10(11)16/h2-6H,1H3,(H,17,18)(H,19,20). The largest absolute Gasteiger partial charge is 0.372 e. The van der Waals surface area contributed by atoms with Crippen LogP contribution in [-0.2, 0) is 0 Å². The first-order valence-electron chi connectivity index (χ1n) is 5.61. The van der Waals surface area contributed by atoms with E-state index in [-0.39, 0.29) is 5.91 Å². The van der Waals surface area contributed by atoms with Gasteiger partial charge in [0.2, 0.25) is 0 Å². The third-order valence-electron chi connectivity index (χ3n) is 2.55. The number of rotatable bonds is 3. The summed E-state index contributed by atoms with van der Waals surface area (Å²) in [6.45, 7) is 0. The Hall–Kier alpha value is -1.49. The Morgan fingerprint density at radius 3 is 2.55 bits per heavy atom. The Morgan fingerprint density at radius 2 is 1.85 bits per heavy atom. The molecule has 0 radical (unpaired) electrons. The number of hydrogen-bond donors (Lipinski definition) is 2. The molecule has 2 rings (SSSR count). The smallest absolute Gasteiger partial charge is 0.259 e. The second kappa shape index (κ2) is 6.31. The van der Waals surface area contributed by atoms with Gasteiger partial charge in [-0.05, 0) is 24.3 Å². The molecule has 7 heteroatoms. The molecule has 0 spiro atoms. The van der Waals surface area contributed by atoms with Crippen molar-refractivity contribution in [2.75, 3.05) is 17.7 Å². The molecule has 0 saturated carbocycles. The van der Waals surface area contributed by atoms with Crippen LogP contribution >= 0.6 is 34.8 Å². The van der Waals surface area contributed by atoms with Gasteiger partial charge in [0, 0.05) is 13.2 Å². The van der Waals surface area contributed by atoms with Crippen LogP contribution in [0.1, 0.15) is 10.4 Å². The molecule has 1 aromatic carbocycles. The number of pyridine rings is 1. The molecule has 0 bridgehead atoms. The Balaban J connectivity index is 2.30. The first-order chi connectivity index (χ1) is 9.52. The van der Waals surface area contributed by atoms with Crippen molar-refractivity contribution >= 4 is 52.2 Å². The average Bonchev–Trinajstić information content (AvgIpc) is 2.44. The van der Waals surface area contributed by atoms with Crippen molar-refractivity contribution in [1.29, 1.82) is 0 Å². The summed E-state index contributed by atoms with van der Waals surface area (Å²) < 4.78 is 0. The zero-order valence-corrected chi connectivity index (χ0v) is 12.6. The van der Waals surface area contributed by atoms with Crippen LogP contribution in [0.2, 0.25) is 15.1 Å². The Bertz CT molecular complexity index is 661. The lowest BCUT2D eigenvalue weighted by Gasteiger charge is -2.10. The Morgan fingerprint density at radius 1 is 1.15 bits per heavy atom. The summed E-state index contributed by atoms with van der Waals surface area (Å²) in [5, 5.41) is 6.47. The Labute approximate surface area is 131 Å². The molecule has 20 heavy (non-hydrogen) atoms. The van der Waals surface area contributed by atoms with Crippen LogP contribution in [0, 0.1) is 0 Å². The van der Waals surface area contributed by atoms with Gasteiger partial charge in [0.1, 0.15) is 5.82 Å². The van der Waals surface area contributed by atoms with Crippen LogP contribution in [0.4, 0.5) is 11.5 Å². The average molecular weight is 331 g/mol. The number of nitrogens with zero attached hydrogens (tertiary/aromatic N) is 1. The number of benzene rings is 1. The highest BCUT2D eigenvalue weighted by Crippen LogP contribution is 2.32. The van der Waals surface area contributed by atoms with Gasteiger partial charge in [0.05, 0.1) is 26.3 Å². The van der Waals surface area contributed by atoms with Gasteiger partial charge in [0.25, 0.3) is 5.91 Å². The maximum Gasteiger partial charge on any atom is 0.259 e. The molecule has 0 aliphatic heterocycles. The lowest BCUT2D eigenvalue weighted by Crippen LogP contribution is -2.15. The van der Waals surface area contributed by atoms with E-state index in [1.165, 1.54) is 12.1 Å². The van der Waals surface area contributed by atoms with Crippen molar-refractivity contribution in [2.45, 2.75) is 0 Å². The zero-order valence-electron chi connectivity index (χ0n) is 10.4. The fourth-order valence-electron chi connectivity index (χ4n) is 1.60. The van der Waals surface area contributed by atoms with Crippen molar-refractivity contribution in [3.63, 3.8) is 0 Å². The summed E-state index contributed by atoms with van der Waals surface area (Å²) in [5.74, 6) is 0.129. The molecule has 1 heterocycles. The highest BCUT2D eigenvalue weighted by atomic mass is 35.5. The van der Waals surface area contributed by atoms with Gasteiger partial charge < -0.3 is 10.6 Å². The van der Waals surface area contributed by atoms with Crippen LogP contribution in [0.3, 0.4) is 0 Å². The molecule has 1 aromatic heterocycles. The monoisotopic (exact) mass is 329 g/mol. The molecule has 0 aliphatic carbocycles. The summed E-state index contributed by atoms with van der Waals surface area (Å²) in [5.41, 5.74) is 0.786. The van der Waals surface area contributed by atoms with Gasteiger partial charge in [-0.1, -0.05) is 34.8 Å². The fraction of sp³-hybridized carbons (Fsp3) is 0.0769. The van der Waals surface area contributed by atoms with Crippen LogP contribution in [0.15, 0.2) is 30.5 Å². The third-order valence-corrected chi connectivity index (χ3v) is 3.58. The quantitative estimate of drug-likeness (QED) is 0.823. The molecule has 1 amide bonds. The Kier molecular flexibility index (Phi) is 4.70. The maximum atomic E-state index is 12.2. The van der Waals surface area contributed by atoms with Crippen LogP contribution in [0.25, 0.3) is 0 Å². The van der Waals surface area contributed by atoms with E-state index < -0.39 is 0 Å². The molecule has 2 aromatic rings. The van der Waals surface area contributed by atoms with Crippen molar-refractivity contribution in [3.8, 4) is 0 Å². The van der Waals surface area contributed by atoms with Crippen molar-refractivity contribution in [3.05, 3.63) is 51.1 Å². The molecule has 4 nitrogen and oxygen atoms in total. The predicted octanol–water partition coefficient (Wildman–Crippen LogP) is 4.34. The minimum Gasteiger partial charge on any atom is -0.372 e. The lowest BCUT2D eigenvalue weighted by molar-refractivity contribution is 0.102. The van der Waals surface area contributed by atoms with E-state index in [0.717, 1.165) is 0 Å². The molecule has 104 valence electrons. The number of aromatic nitrogens is 1. The summed E-state index contributed by atoms with van der Waals surface area (Å²) in [6.07, 6.45) is 1.59. The van der Waals surface area contributed by atoms with E-state index in [2.05, 4.69) is 15.6 Å². The molecule has 0 atom stereocenters. The lowest BCUT2D eigenvalue weighted by atomic mass is 10.2. The highest BCUT2D eigenvalue weighted by Gasteiger charge is 2.14. The number of carbonyl (C=O) groups excluding carboxylic acids is 1. The minimum absolute atomic E-state index is 0.308. The number of hydrogen-bond acceptors (Lipinski definition) is 3. The number of halogens is 3. The number of anilines is 2. The van der Waals surface area contributed by atoms with Gasteiger partial charge in [-0.25, -0.2) is 4.98 Å². The fourth-order valence-corrected chi connectivity index (χ4v) is 2.19.